The molecule has 0 atom stereocenters. The highest BCUT2D eigenvalue weighted by molar-refractivity contribution is 6.33. The molecule has 6 nitrogen and oxygen atoms in total. The minimum Gasteiger partial charge on any atom is -0.382 e. The second kappa shape index (κ2) is 8.91. The van der Waals surface area contributed by atoms with Crippen molar-refractivity contribution < 1.29 is 4.79 Å². The molecule has 0 aliphatic carbocycles. The molecule has 2 N–H and O–H groups in total. The maximum absolute atomic E-state index is 12.5. The van der Waals surface area contributed by atoms with Gasteiger partial charge in [0.2, 0.25) is 5.91 Å². The lowest BCUT2D eigenvalue weighted by Gasteiger charge is -2.11. The van der Waals surface area contributed by atoms with Gasteiger partial charge in [0.25, 0.3) is 5.56 Å². The lowest BCUT2D eigenvalue weighted by molar-refractivity contribution is -0.114. The zero-order valence-corrected chi connectivity index (χ0v) is 16.6. The molecule has 1 amide bonds. The van der Waals surface area contributed by atoms with Crippen molar-refractivity contribution >= 4 is 40.5 Å². The summed E-state index contributed by atoms with van der Waals surface area (Å²) in [5.41, 5.74) is 2.49. The average molecular weight is 417 g/mol. The molecular weight excluding hydrogens is 399 g/mol. The van der Waals surface area contributed by atoms with Crippen molar-refractivity contribution in [3.8, 4) is 5.69 Å². The zero-order chi connectivity index (χ0) is 20.1. The molecule has 3 aromatic rings. The van der Waals surface area contributed by atoms with Crippen LogP contribution in [0, 0.1) is 0 Å². The highest BCUT2D eigenvalue weighted by Gasteiger charge is 2.10. The molecule has 28 heavy (non-hydrogen) atoms. The van der Waals surface area contributed by atoms with Crippen molar-refractivity contribution in [2.75, 3.05) is 17.2 Å². The first-order valence-electron chi connectivity index (χ1n) is 8.58. The molecule has 2 aromatic carbocycles. The standard InChI is InChI=1S/C20H18Cl2N4O2/c1-13(27)25-16-6-2-14(3-7-16)10-11-23-18-12-24-26(20(28)19(18)22)17-8-4-15(21)5-9-17/h2-9,12,23H,10-11H2,1H3,(H,25,27). The number of hydrogen-bond acceptors (Lipinski definition) is 4. The quantitative estimate of drug-likeness (QED) is 0.632. The second-order valence-corrected chi connectivity index (χ2v) is 6.93. The monoisotopic (exact) mass is 416 g/mol. The summed E-state index contributed by atoms with van der Waals surface area (Å²) in [5, 5.41) is 10.7. The number of halogens is 2. The Morgan fingerprint density at radius 2 is 1.75 bits per heavy atom. The fourth-order valence-electron chi connectivity index (χ4n) is 2.62. The Labute approximate surface area is 172 Å². The Morgan fingerprint density at radius 1 is 1.07 bits per heavy atom. The number of amides is 1. The fraction of sp³-hybridized carbons (Fsp3) is 0.150. The van der Waals surface area contributed by atoms with E-state index in [9.17, 15) is 9.59 Å². The normalized spacial score (nSPS) is 10.5. The molecule has 0 radical (unpaired) electrons. The fourth-order valence-corrected chi connectivity index (χ4v) is 2.94. The van der Waals surface area contributed by atoms with Crippen molar-refractivity contribution in [3.63, 3.8) is 0 Å². The molecule has 0 saturated heterocycles. The first-order chi connectivity index (χ1) is 13.4. The number of nitrogens with zero attached hydrogens (tertiary/aromatic N) is 2. The minimum atomic E-state index is -0.409. The lowest BCUT2D eigenvalue weighted by atomic mass is 10.1. The van der Waals surface area contributed by atoms with Gasteiger partial charge in [-0.05, 0) is 48.4 Å². The molecule has 0 aliphatic heterocycles. The van der Waals surface area contributed by atoms with Crippen LogP contribution in [0.1, 0.15) is 12.5 Å². The van der Waals surface area contributed by atoms with Gasteiger partial charge in [-0.15, -0.1) is 0 Å². The van der Waals surface area contributed by atoms with Crippen LogP contribution in [0.15, 0.2) is 59.5 Å². The van der Waals surface area contributed by atoms with E-state index in [1.165, 1.54) is 17.8 Å². The van der Waals surface area contributed by atoms with Gasteiger partial charge >= 0.3 is 0 Å². The van der Waals surface area contributed by atoms with Crippen LogP contribution in [-0.4, -0.2) is 22.2 Å². The van der Waals surface area contributed by atoms with Gasteiger partial charge in [-0.25, -0.2) is 0 Å². The molecule has 0 spiro atoms. The largest absolute Gasteiger partial charge is 0.382 e. The molecule has 0 bridgehead atoms. The molecule has 1 aromatic heterocycles. The maximum atomic E-state index is 12.5. The van der Waals surface area contributed by atoms with Crippen LogP contribution in [-0.2, 0) is 11.2 Å². The van der Waals surface area contributed by atoms with Crippen LogP contribution in [0.3, 0.4) is 0 Å². The van der Waals surface area contributed by atoms with Gasteiger partial charge in [0.05, 0.1) is 17.6 Å². The number of carbonyl (C=O) groups excluding carboxylic acids is 1. The Morgan fingerprint density at radius 3 is 2.39 bits per heavy atom. The van der Waals surface area contributed by atoms with E-state index in [2.05, 4.69) is 15.7 Å². The van der Waals surface area contributed by atoms with Gasteiger partial charge < -0.3 is 10.6 Å². The van der Waals surface area contributed by atoms with Crippen molar-refractivity contribution in [1.29, 1.82) is 0 Å². The molecule has 0 unspecified atom stereocenters. The summed E-state index contributed by atoms with van der Waals surface area (Å²) in [7, 11) is 0. The van der Waals surface area contributed by atoms with E-state index in [1.54, 1.807) is 24.3 Å². The summed E-state index contributed by atoms with van der Waals surface area (Å²) in [4.78, 5) is 23.5. The van der Waals surface area contributed by atoms with Gasteiger partial charge in [-0.3, -0.25) is 9.59 Å². The van der Waals surface area contributed by atoms with Gasteiger partial charge in [-0.2, -0.15) is 9.78 Å². The highest BCUT2D eigenvalue weighted by atomic mass is 35.5. The van der Waals surface area contributed by atoms with Crippen LogP contribution in [0.5, 0.6) is 0 Å². The summed E-state index contributed by atoms with van der Waals surface area (Å²) in [6.45, 7) is 2.04. The lowest BCUT2D eigenvalue weighted by Crippen LogP contribution is -2.23. The molecule has 0 saturated carbocycles. The number of aromatic nitrogens is 2. The number of hydrogen-bond donors (Lipinski definition) is 2. The predicted octanol–water partition coefficient (Wildman–Crippen LogP) is 4.15. The second-order valence-electron chi connectivity index (χ2n) is 6.12. The van der Waals surface area contributed by atoms with E-state index < -0.39 is 5.56 Å². The number of anilines is 2. The molecule has 3 rings (SSSR count). The molecular formula is C20H18Cl2N4O2. The average Bonchev–Trinajstić information content (AvgIpc) is 2.67. The number of carbonyl (C=O) groups is 1. The van der Waals surface area contributed by atoms with Crippen LogP contribution in [0.2, 0.25) is 10.0 Å². The first kappa shape index (κ1) is 19.9. The third kappa shape index (κ3) is 4.91. The smallest absolute Gasteiger partial charge is 0.292 e. The van der Waals surface area contributed by atoms with Crippen molar-refractivity contribution in [3.05, 3.63) is 80.7 Å². The summed E-state index contributed by atoms with van der Waals surface area (Å²) >= 11 is 12.1. The minimum absolute atomic E-state index is 0.0750. The summed E-state index contributed by atoms with van der Waals surface area (Å²) in [6.07, 6.45) is 2.25. The molecule has 0 fully saturated rings. The van der Waals surface area contributed by atoms with E-state index in [0.29, 0.717) is 22.9 Å². The Kier molecular flexibility index (Phi) is 6.34. The van der Waals surface area contributed by atoms with Crippen LogP contribution in [0.25, 0.3) is 5.69 Å². The summed E-state index contributed by atoms with van der Waals surface area (Å²) in [6, 6.07) is 14.3. The van der Waals surface area contributed by atoms with Crippen LogP contribution in [0.4, 0.5) is 11.4 Å². The number of rotatable bonds is 6. The molecule has 0 aliphatic rings. The molecule has 1 heterocycles. The third-order valence-corrected chi connectivity index (χ3v) is 4.61. The van der Waals surface area contributed by atoms with Crippen molar-refractivity contribution in [1.82, 2.24) is 9.78 Å². The SMILES string of the molecule is CC(=O)Nc1ccc(CCNc2cnn(-c3ccc(Cl)cc3)c(=O)c2Cl)cc1. The van der Waals surface area contributed by atoms with Crippen LogP contribution >= 0.6 is 23.2 Å². The van der Waals surface area contributed by atoms with Gasteiger partial charge in [0.15, 0.2) is 0 Å². The van der Waals surface area contributed by atoms with E-state index in [0.717, 1.165) is 17.7 Å². The summed E-state index contributed by atoms with van der Waals surface area (Å²) in [5.74, 6) is -0.107. The van der Waals surface area contributed by atoms with E-state index >= 15 is 0 Å². The third-order valence-electron chi connectivity index (χ3n) is 3.99. The van der Waals surface area contributed by atoms with Crippen molar-refractivity contribution in [2.24, 2.45) is 0 Å². The topological polar surface area (TPSA) is 76.0 Å². The number of benzene rings is 2. The van der Waals surface area contributed by atoms with E-state index in [4.69, 9.17) is 23.2 Å². The highest BCUT2D eigenvalue weighted by Crippen LogP contribution is 2.18. The maximum Gasteiger partial charge on any atom is 0.292 e. The summed E-state index contributed by atoms with van der Waals surface area (Å²) < 4.78 is 1.23. The molecule has 144 valence electrons. The van der Waals surface area contributed by atoms with E-state index in [-0.39, 0.29) is 10.9 Å². The van der Waals surface area contributed by atoms with Gasteiger partial charge in [-0.1, -0.05) is 35.3 Å². The number of nitrogens with one attached hydrogen (secondary N) is 2. The Bertz CT molecular complexity index is 1030. The van der Waals surface area contributed by atoms with Crippen molar-refractivity contribution in [2.45, 2.75) is 13.3 Å². The van der Waals surface area contributed by atoms with Gasteiger partial charge in [0.1, 0.15) is 5.02 Å². The van der Waals surface area contributed by atoms with Gasteiger partial charge in [0, 0.05) is 24.2 Å². The Hall–Kier alpha value is -2.83. The first-order valence-corrected chi connectivity index (χ1v) is 9.34. The van der Waals surface area contributed by atoms with E-state index in [1.807, 2.05) is 24.3 Å². The predicted molar refractivity (Wildman–Crippen MR) is 113 cm³/mol. The molecule has 8 heteroatoms. The zero-order valence-electron chi connectivity index (χ0n) is 15.1. The van der Waals surface area contributed by atoms with Crippen LogP contribution < -0.4 is 16.2 Å². The Balaban J connectivity index is 1.65.